The Hall–Kier alpha value is -2.88. The molecule has 0 bridgehead atoms. The summed E-state index contributed by atoms with van der Waals surface area (Å²) in [7, 11) is 3.32. The third-order valence-corrected chi connectivity index (χ3v) is 3.97. The quantitative estimate of drug-likeness (QED) is 0.654. The van der Waals surface area contributed by atoms with E-state index in [4.69, 9.17) is 9.47 Å². The van der Waals surface area contributed by atoms with Crippen molar-refractivity contribution < 1.29 is 9.47 Å². The van der Waals surface area contributed by atoms with Crippen molar-refractivity contribution >= 4 is 23.1 Å². The van der Waals surface area contributed by atoms with Gasteiger partial charge in [0, 0.05) is 10.9 Å². The Morgan fingerprint density at radius 2 is 1.83 bits per heavy atom. The molecule has 4 heteroatoms. The average Bonchev–Trinajstić information content (AvgIpc) is 2.65. The maximum Gasteiger partial charge on any atom is 0.126 e. The number of methoxy groups -OCH3 is 2. The van der Waals surface area contributed by atoms with Crippen LogP contribution in [0, 0.1) is 0 Å². The molecule has 0 saturated heterocycles. The van der Waals surface area contributed by atoms with E-state index in [9.17, 15) is 0 Å². The fraction of sp³-hybridized carbons (Fsp3) is 0.200. The first kappa shape index (κ1) is 16.0. The maximum atomic E-state index is 5.41. The molecule has 0 saturated carbocycles. The first-order valence-electron chi connectivity index (χ1n) is 7.89. The zero-order valence-electron chi connectivity index (χ0n) is 14.1. The lowest BCUT2D eigenvalue weighted by atomic mass is 10.1. The van der Waals surface area contributed by atoms with Gasteiger partial charge < -0.3 is 9.47 Å². The van der Waals surface area contributed by atoms with Crippen LogP contribution in [0.2, 0.25) is 0 Å². The van der Waals surface area contributed by atoms with E-state index in [1.54, 1.807) is 20.5 Å². The van der Waals surface area contributed by atoms with Gasteiger partial charge >= 0.3 is 0 Å². The highest BCUT2D eigenvalue weighted by Gasteiger charge is 2.04. The summed E-state index contributed by atoms with van der Waals surface area (Å²) >= 11 is 0. The van der Waals surface area contributed by atoms with Gasteiger partial charge in [-0.15, -0.1) is 0 Å². The molecule has 1 aromatic heterocycles. The fourth-order valence-corrected chi connectivity index (χ4v) is 2.67. The van der Waals surface area contributed by atoms with Crippen molar-refractivity contribution in [3.8, 4) is 11.5 Å². The molecule has 2 aromatic carbocycles. The number of ether oxygens (including phenoxy) is 2. The molecule has 0 radical (unpaired) electrons. The molecule has 0 aliphatic heterocycles. The zero-order chi connectivity index (χ0) is 16.9. The van der Waals surface area contributed by atoms with E-state index in [1.807, 2.05) is 30.3 Å². The topological polar surface area (TPSA) is 44.2 Å². The SMILES string of the molecule is CCc1ncnc2ccc(C=Cc3cc(OC)ccc3OC)cc12. The Morgan fingerprint density at radius 1 is 0.958 bits per heavy atom. The van der Waals surface area contributed by atoms with Crippen molar-refractivity contribution in [2.45, 2.75) is 13.3 Å². The van der Waals surface area contributed by atoms with Crippen LogP contribution in [0.25, 0.3) is 23.1 Å². The Bertz CT molecular complexity index is 888. The highest BCUT2D eigenvalue weighted by Crippen LogP contribution is 2.26. The average molecular weight is 320 g/mol. The van der Waals surface area contributed by atoms with Crippen LogP contribution in [-0.2, 0) is 6.42 Å². The standard InChI is InChI=1S/C20H20N2O2/c1-4-18-17-11-14(6-9-19(17)22-13-21-18)5-7-15-12-16(23-2)8-10-20(15)24-3/h5-13H,4H2,1-3H3. The Morgan fingerprint density at radius 3 is 2.58 bits per heavy atom. The molecule has 3 rings (SSSR count). The number of fused-ring (bicyclic) bond motifs is 1. The summed E-state index contributed by atoms with van der Waals surface area (Å²) in [6.07, 6.45) is 6.59. The minimum atomic E-state index is 0.802. The van der Waals surface area contributed by atoms with Crippen LogP contribution in [0.4, 0.5) is 0 Å². The lowest BCUT2D eigenvalue weighted by Gasteiger charge is -2.07. The number of aryl methyl sites for hydroxylation is 1. The predicted octanol–water partition coefficient (Wildman–Crippen LogP) is 4.38. The highest BCUT2D eigenvalue weighted by atomic mass is 16.5. The molecule has 0 aliphatic rings. The molecule has 0 spiro atoms. The van der Waals surface area contributed by atoms with E-state index in [0.29, 0.717) is 0 Å². The van der Waals surface area contributed by atoms with Gasteiger partial charge in [-0.3, -0.25) is 0 Å². The summed E-state index contributed by atoms with van der Waals surface area (Å²) in [5, 5.41) is 1.10. The molecule has 0 N–H and O–H groups in total. The van der Waals surface area contributed by atoms with Gasteiger partial charge in [0.25, 0.3) is 0 Å². The molecular formula is C20H20N2O2. The lowest BCUT2D eigenvalue weighted by Crippen LogP contribution is -1.92. The first-order chi connectivity index (χ1) is 11.7. The monoisotopic (exact) mass is 320 g/mol. The van der Waals surface area contributed by atoms with Gasteiger partial charge in [0.1, 0.15) is 17.8 Å². The third kappa shape index (κ3) is 3.23. The van der Waals surface area contributed by atoms with Crippen molar-refractivity contribution in [2.24, 2.45) is 0 Å². The third-order valence-electron chi connectivity index (χ3n) is 3.97. The highest BCUT2D eigenvalue weighted by molar-refractivity contribution is 5.85. The molecule has 0 amide bonds. The van der Waals surface area contributed by atoms with Gasteiger partial charge in [0.2, 0.25) is 0 Å². The molecule has 24 heavy (non-hydrogen) atoms. The lowest BCUT2D eigenvalue weighted by molar-refractivity contribution is 0.402. The number of aromatic nitrogens is 2. The van der Waals surface area contributed by atoms with Crippen LogP contribution in [0.15, 0.2) is 42.7 Å². The van der Waals surface area contributed by atoms with E-state index in [1.165, 1.54) is 0 Å². The van der Waals surface area contributed by atoms with Crippen molar-refractivity contribution in [1.82, 2.24) is 9.97 Å². The predicted molar refractivity (Wildman–Crippen MR) is 97.4 cm³/mol. The van der Waals surface area contributed by atoms with Gasteiger partial charge in [0.05, 0.1) is 25.4 Å². The number of benzene rings is 2. The Balaban J connectivity index is 1.99. The van der Waals surface area contributed by atoms with E-state index in [0.717, 1.165) is 45.6 Å². The van der Waals surface area contributed by atoms with Crippen LogP contribution >= 0.6 is 0 Å². The summed E-state index contributed by atoms with van der Waals surface area (Å²) in [6.45, 7) is 2.10. The fourth-order valence-electron chi connectivity index (χ4n) is 2.67. The second-order valence-corrected chi connectivity index (χ2v) is 5.39. The van der Waals surface area contributed by atoms with Gasteiger partial charge in [-0.2, -0.15) is 0 Å². The van der Waals surface area contributed by atoms with Gasteiger partial charge in [0.15, 0.2) is 0 Å². The van der Waals surface area contributed by atoms with E-state index in [2.05, 4.69) is 35.1 Å². The number of nitrogens with zero attached hydrogens (tertiary/aromatic N) is 2. The number of hydrogen-bond acceptors (Lipinski definition) is 4. The molecule has 122 valence electrons. The second kappa shape index (κ2) is 7.13. The largest absolute Gasteiger partial charge is 0.497 e. The number of rotatable bonds is 5. The van der Waals surface area contributed by atoms with Crippen LogP contribution in [0.3, 0.4) is 0 Å². The van der Waals surface area contributed by atoms with Gasteiger partial charge in [-0.05, 0) is 42.3 Å². The van der Waals surface area contributed by atoms with Crippen molar-refractivity contribution in [3.05, 3.63) is 59.5 Å². The summed E-state index contributed by atoms with van der Waals surface area (Å²) in [4.78, 5) is 8.69. The van der Waals surface area contributed by atoms with Gasteiger partial charge in [-0.25, -0.2) is 9.97 Å². The normalized spacial score (nSPS) is 11.1. The first-order valence-corrected chi connectivity index (χ1v) is 7.89. The van der Waals surface area contributed by atoms with Crippen LogP contribution < -0.4 is 9.47 Å². The molecule has 0 aliphatic carbocycles. The number of hydrogen-bond donors (Lipinski definition) is 0. The molecule has 0 fully saturated rings. The van der Waals surface area contributed by atoms with Gasteiger partial charge in [-0.1, -0.05) is 25.1 Å². The summed E-state index contributed by atoms with van der Waals surface area (Å²) in [5.41, 5.74) is 4.10. The summed E-state index contributed by atoms with van der Waals surface area (Å²) in [6, 6.07) is 11.9. The summed E-state index contributed by atoms with van der Waals surface area (Å²) < 4.78 is 10.7. The van der Waals surface area contributed by atoms with E-state index in [-0.39, 0.29) is 0 Å². The molecule has 0 unspecified atom stereocenters. The Kier molecular flexibility index (Phi) is 4.75. The van der Waals surface area contributed by atoms with Crippen molar-refractivity contribution in [1.29, 1.82) is 0 Å². The summed E-state index contributed by atoms with van der Waals surface area (Å²) in [5.74, 6) is 1.61. The zero-order valence-corrected chi connectivity index (χ0v) is 14.1. The van der Waals surface area contributed by atoms with E-state index < -0.39 is 0 Å². The minimum absolute atomic E-state index is 0.802. The van der Waals surface area contributed by atoms with Crippen LogP contribution in [0.1, 0.15) is 23.7 Å². The van der Waals surface area contributed by atoms with E-state index >= 15 is 0 Å². The van der Waals surface area contributed by atoms with Crippen LogP contribution in [-0.4, -0.2) is 24.2 Å². The molecule has 3 aromatic rings. The smallest absolute Gasteiger partial charge is 0.126 e. The minimum Gasteiger partial charge on any atom is -0.497 e. The van der Waals surface area contributed by atoms with Crippen molar-refractivity contribution in [3.63, 3.8) is 0 Å². The van der Waals surface area contributed by atoms with Crippen molar-refractivity contribution in [2.75, 3.05) is 14.2 Å². The molecule has 0 atom stereocenters. The maximum absolute atomic E-state index is 5.41. The molecule has 1 heterocycles. The molecule has 4 nitrogen and oxygen atoms in total. The Labute approximate surface area is 141 Å². The molecular weight excluding hydrogens is 300 g/mol. The second-order valence-electron chi connectivity index (χ2n) is 5.39. The van der Waals surface area contributed by atoms with Crippen LogP contribution in [0.5, 0.6) is 11.5 Å².